The molecule has 25 heavy (non-hydrogen) atoms. The van der Waals surface area contributed by atoms with Gasteiger partial charge in [0.15, 0.2) is 0 Å². The normalized spacial score (nSPS) is 17.0. The van der Waals surface area contributed by atoms with Gasteiger partial charge in [-0.1, -0.05) is 43.3 Å². The minimum atomic E-state index is -0.323. The van der Waals surface area contributed by atoms with Crippen LogP contribution in [0.25, 0.3) is 0 Å². The highest BCUT2D eigenvalue weighted by Crippen LogP contribution is 2.31. The third-order valence-electron chi connectivity index (χ3n) is 4.86. The number of hydrogen-bond donors (Lipinski definition) is 1. The lowest BCUT2D eigenvalue weighted by atomic mass is 10.1. The molecule has 1 atom stereocenters. The van der Waals surface area contributed by atoms with Crippen molar-refractivity contribution in [2.75, 3.05) is 16.8 Å². The van der Waals surface area contributed by atoms with Gasteiger partial charge in [-0.3, -0.25) is 9.59 Å². The number of para-hydroxylation sites is 2. The molecule has 1 aliphatic heterocycles. The summed E-state index contributed by atoms with van der Waals surface area (Å²) < 4.78 is 0. The van der Waals surface area contributed by atoms with E-state index in [1.807, 2.05) is 56.3 Å². The van der Waals surface area contributed by atoms with E-state index in [4.69, 9.17) is 0 Å². The maximum absolute atomic E-state index is 12.7. The van der Waals surface area contributed by atoms with E-state index in [-0.39, 0.29) is 24.2 Å². The van der Waals surface area contributed by atoms with Crippen LogP contribution in [0, 0.1) is 19.8 Å². The summed E-state index contributed by atoms with van der Waals surface area (Å²) in [5.74, 6) is -0.388. The lowest BCUT2D eigenvalue weighted by Crippen LogP contribution is -2.29. The monoisotopic (exact) mass is 336 g/mol. The van der Waals surface area contributed by atoms with Crippen molar-refractivity contribution < 1.29 is 9.59 Å². The van der Waals surface area contributed by atoms with Crippen molar-refractivity contribution in [3.05, 3.63) is 59.2 Å². The Bertz CT molecular complexity index is 793. The number of nitrogens with one attached hydrogen (secondary N) is 1. The molecule has 1 saturated heterocycles. The molecule has 3 rings (SSSR count). The summed E-state index contributed by atoms with van der Waals surface area (Å²) in [5, 5.41) is 3.01. The van der Waals surface area contributed by atoms with E-state index in [2.05, 4.69) is 12.2 Å². The van der Waals surface area contributed by atoms with Crippen molar-refractivity contribution >= 4 is 23.2 Å². The summed E-state index contributed by atoms with van der Waals surface area (Å²) in [4.78, 5) is 27.0. The Morgan fingerprint density at radius 2 is 1.80 bits per heavy atom. The van der Waals surface area contributed by atoms with Gasteiger partial charge in [-0.05, 0) is 43.0 Å². The minimum Gasteiger partial charge on any atom is -0.326 e. The van der Waals surface area contributed by atoms with Gasteiger partial charge in [-0.25, -0.2) is 0 Å². The van der Waals surface area contributed by atoms with E-state index in [1.54, 1.807) is 4.90 Å². The molecule has 1 aliphatic rings. The number of anilines is 2. The molecular formula is C21H24N2O2. The summed E-state index contributed by atoms with van der Waals surface area (Å²) in [6.45, 7) is 6.50. The Morgan fingerprint density at radius 3 is 2.48 bits per heavy atom. The van der Waals surface area contributed by atoms with Crippen LogP contribution in [0.5, 0.6) is 0 Å². The molecule has 2 aromatic carbocycles. The second-order valence-electron chi connectivity index (χ2n) is 6.65. The van der Waals surface area contributed by atoms with E-state index in [9.17, 15) is 9.59 Å². The lowest BCUT2D eigenvalue weighted by molar-refractivity contribution is -0.122. The number of carbonyl (C=O) groups is 2. The van der Waals surface area contributed by atoms with E-state index in [1.165, 1.54) is 0 Å². The van der Waals surface area contributed by atoms with E-state index >= 15 is 0 Å². The Labute approximate surface area is 148 Å². The largest absolute Gasteiger partial charge is 0.326 e. The van der Waals surface area contributed by atoms with Gasteiger partial charge in [0, 0.05) is 24.3 Å². The molecule has 4 heteroatoms. The number of hydrogen-bond acceptors (Lipinski definition) is 2. The molecule has 2 aromatic rings. The predicted molar refractivity (Wildman–Crippen MR) is 101 cm³/mol. The average Bonchev–Trinajstić information content (AvgIpc) is 2.97. The molecule has 0 radical (unpaired) electrons. The molecule has 4 nitrogen and oxygen atoms in total. The number of carbonyl (C=O) groups excluding carboxylic acids is 2. The predicted octanol–water partition coefficient (Wildman–Crippen LogP) is 3.86. The number of rotatable bonds is 4. The van der Waals surface area contributed by atoms with Gasteiger partial charge < -0.3 is 10.2 Å². The first kappa shape index (κ1) is 17.2. The average molecular weight is 336 g/mol. The van der Waals surface area contributed by atoms with Gasteiger partial charge >= 0.3 is 0 Å². The zero-order valence-corrected chi connectivity index (χ0v) is 15.0. The third kappa shape index (κ3) is 3.43. The Kier molecular flexibility index (Phi) is 4.88. The summed E-state index contributed by atoms with van der Waals surface area (Å²) in [5.41, 5.74) is 5.01. The highest BCUT2D eigenvalue weighted by atomic mass is 16.2. The molecule has 0 aromatic heterocycles. The Balaban J connectivity index is 1.77. The van der Waals surface area contributed by atoms with Gasteiger partial charge in [0.2, 0.25) is 11.8 Å². The first-order chi connectivity index (χ1) is 12.0. The van der Waals surface area contributed by atoms with Crippen molar-refractivity contribution in [3.8, 4) is 0 Å². The molecule has 1 heterocycles. The van der Waals surface area contributed by atoms with Crippen molar-refractivity contribution in [1.82, 2.24) is 0 Å². The zero-order chi connectivity index (χ0) is 18.0. The van der Waals surface area contributed by atoms with Crippen LogP contribution in [0.3, 0.4) is 0 Å². The Morgan fingerprint density at radius 1 is 1.12 bits per heavy atom. The number of aryl methyl sites for hydroxylation is 3. The second kappa shape index (κ2) is 7.09. The molecule has 1 N–H and O–H groups in total. The number of nitrogens with zero attached hydrogens (tertiary/aromatic N) is 1. The maximum atomic E-state index is 12.7. The third-order valence-corrected chi connectivity index (χ3v) is 4.86. The molecule has 0 unspecified atom stereocenters. The molecule has 1 fully saturated rings. The highest BCUT2D eigenvalue weighted by molar-refractivity contribution is 6.04. The van der Waals surface area contributed by atoms with Crippen LogP contribution < -0.4 is 10.2 Å². The standard InChI is InChI=1S/C21H24N2O2/c1-4-16-10-5-6-11-18(16)22-21(25)17-12-19(24)23(13-17)20-14(2)8-7-9-15(20)3/h5-11,17H,4,12-13H2,1-3H3,(H,22,25)/t17-/m1/s1. The SMILES string of the molecule is CCc1ccccc1NC(=O)[C@@H]1CC(=O)N(c2c(C)cccc2C)C1. The number of amides is 2. The first-order valence-corrected chi connectivity index (χ1v) is 8.76. The van der Waals surface area contributed by atoms with Gasteiger partial charge in [0.25, 0.3) is 0 Å². The minimum absolute atomic E-state index is 0.0151. The van der Waals surface area contributed by atoms with Gasteiger partial charge in [-0.2, -0.15) is 0 Å². The lowest BCUT2D eigenvalue weighted by Gasteiger charge is -2.21. The van der Waals surface area contributed by atoms with Crippen molar-refractivity contribution in [2.24, 2.45) is 5.92 Å². The summed E-state index contributed by atoms with van der Waals surface area (Å²) in [7, 11) is 0. The fraction of sp³-hybridized carbons (Fsp3) is 0.333. The highest BCUT2D eigenvalue weighted by Gasteiger charge is 2.36. The Hall–Kier alpha value is -2.62. The quantitative estimate of drug-likeness (QED) is 0.922. The van der Waals surface area contributed by atoms with Crippen LogP contribution in [-0.2, 0) is 16.0 Å². The smallest absolute Gasteiger partial charge is 0.229 e. The van der Waals surface area contributed by atoms with Crippen molar-refractivity contribution in [2.45, 2.75) is 33.6 Å². The van der Waals surface area contributed by atoms with Crippen LogP contribution in [0.4, 0.5) is 11.4 Å². The van der Waals surface area contributed by atoms with Crippen LogP contribution in [0.15, 0.2) is 42.5 Å². The molecule has 0 aliphatic carbocycles. The molecule has 0 bridgehead atoms. The second-order valence-corrected chi connectivity index (χ2v) is 6.65. The van der Waals surface area contributed by atoms with E-state index in [0.29, 0.717) is 6.54 Å². The van der Waals surface area contributed by atoms with Gasteiger partial charge in [0.1, 0.15) is 0 Å². The van der Waals surface area contributed by atoms with Gasteiger partial charge in [-0.15, -0.1) is 0 Å². The fourth-order valence-corrected chi connectivity index (χ4v) is 3.52. The molecule has 2 amide bonds. The van der Waals surface area contributed by atoms with E-state index in [0.717, 1.165) is 34.5 Å². The van der Waals surface area contributed by atoms with E-state index < -0.39 is 0 Å². The van der Waals surface area contributed by atoms with Crippen molar-refractivity contribution in [1.29, 1.82) is 0 Å². The molecular weight excluding hydrogens is 312 g/mol. The molecule has 130 valence electrons. The summed E-state index contributed by atoms with van der Waals surface area (Å²) >= 11 is 0. The first-order valence-electron chi connectivity index (χ1n) is 8.76. The summed E-state index contributed by atoms with van der Waals surface area (Å²) in [6, 6.07) is 13.8. The molecule has 0 spiro atoms. The van der Waals surface area contributed by atoms with Crippen LogP contribution in [0.2, 0.25) is 0 Å². The van der Waals surface area contributed by atoms with Crippen LogP contribution in [0.1, 0.15) is 30.0 Å². The van der Waals surface area contributed by atoms with Gasteiger partial charge in [0.05, 0.1) is 5.92 Å². The van der Waals surface area contributed by atoms with Crippen LogP contribution >= 0.6 is 0 Å². The summed E-state index contributed by atoms with van der Waals surface area (Å²) in [6.07, 6.45) is 1.11. The fourth-order valence-electron chi connectivity index (χ4n) is 3.52. The topological polar surface area (TPSA) is 49.4 Å². The van der Waals surface area contributed by atoms with Crippen LogP contribution in [-0.4, -0.2) is 18.4 Å². The maximum Gasteiger partial charge on any atom is 0.229 e. The zero-order valence-electron chi connectivity index (χ0n) is 15.0. The van der Waals surface area contributed by atoms with Crippen molar-refractivity contribution in [3.63, 3.8) is 0 Å². The number of benzene rings is 2. The molecule has 0 saturated carbocycles.